The highest BCUT2D eigenvalue weighted by Crippen LogP contribution is 2.30. The molecule has 0 saturated carbocycles. The van der Waals surface area contributed by atoms with Gasteiger partial charge >= 0.3 is 0 Å². The number of rotatable bonds is 5. The summed E-state index contributed by atoms with van der Waals surface area (Å²) < 4.78 is 31.9. The summed E-state index contributed by atoms with van der Waals surface area (Å²) in [5.41, 5.74) is 0.972. The van der Waals surface area contributed by atoms with Crippen molar-refractivity contribution in [3.8, 4) is 0 Å². The average Bonchev–Trinajstić information content (AvgIpc) is 3.10. The number of benzene rings is 3. The van der Waals surface area contributed by atoms with E-state index >= 15 is 0 Å². The van der Waals surface area contributed by atoms with E-state index in [1.165, 1.54) is 53.4 Å². The third kappa shape index (κ3) is 4.04. The zero-order chi connectivity index (χ0) is 22.9. The molecule has 3 aromatic carbocycles. The molecule has 1 N–H and O–H groups in total. The van der Waals surface area contributed by atoms with Crippen LogP contribution in [-0.4, -0.2) is 29.6 Å². The highest BCUT2D eigenvalue weighted by Gasteiger charge is 2.33. The number of carbonyl (C=O) groups is 1. The van der Waals surface area contributed by atoms with Gasteiger partial charge in [-0.1, -0.05) is 42.5 Å². The van der Waals surface area contributed by atoms with E-state index in [0.29, 0.717) is 11.3 Å². The Bertz CT molecular complexity index is 1380. The van der Waals surface area contributed by atoms with Gasteiger partial charge in [-0.2, -0.15) is 8.42 Å². The molecule has 0 fully saturated rings. The Balaban J connectivity index is 1.83. The summed E-state index contributed by atoms with van der Waals surface area (Å²) in [6, 6.07) is 19.9. The van der Waals surface area contributed by atoms with Gasteiger partial charge in [-0.25, -0.2) is 4.99 Å². The van der Waals surface area contributed by atoms with Crippen molar-refractivity contribution in [1.29, 1.82) is 0 Å². The SMILES string of the molecule is O=C1C(=Cc2ccccc2[N+](=O)[O-])N=C(c2ccccc2)N1c1ccc(S(=O)(=O)O)cc1. The average molecular weight is 449 g/mol. The fraction of sp³-hybridized carbons (Fsp3) is 0. The number of carbonyl (C=O) groups excluding carboxylic acids is 1. The van der Waals surface area contributed by atoms with Crippen LogP contribution in [0.3, 0.4) is 0 Å². The molecule has 0 bridgehead atoms. The lowest BCUT2D eigenvalue weighted by Crippen LogP contribution is -2.32. The van der Waals surface area contributed by atoms with Crippen LogP contribution in [0.15, 0.2) is 94.4 Å². The minimum atomic E-state index is -4.40. The van der Waals surface area contributed by atoms with E-state index in [2.05, 4.69) is 4.99 Å². The van der Waals surface area contributed by atoms with Crippen LogP contribution in [0, 0.1) is 10.1 Å². The van der Waals surface area contributed by atoms with Crippen molar-refractivity contribution in [3.63, 3.8) is 0 Å². The van der Waals surface area contributed by atoms with Gasteiger partial charge in [-0.05, 0) is 36.4 Å². The number of aliphatic imine (C=N–C) groups is 1. The van der Waals surface area contributed by atoms with Crippen LogP contribution in [0.2, 0.25) is 0 Å². The molecule has 0 spiro atoms. The first-order valence-electron chi connectivity index (χ1n) is 9.27. The van der Waals surface area contributed by atoms with Crippen molar-refractivity contribution in [2.45, 2.75) is 4.90 Å². The Morgan fingerprint density at radius 2 is 1.56 bits per heavy atom. The van der Waals surface area contributed by atoms with E-state index in [9.17, 15) is 27.9 Å². The maximum absolute atomic E-state index is 13.3. The van der Waals surface area contributed by atoms with Crippen molar-refractivity contribution in [1.82, 2.24) is 0 Å². The molecule has 32 heavy (non-hydrogen) atoms. The monoisotopic (exact) mass is 449 g/mol. The third-order valence-electron chi connectivity index (χ3n) is 4.71. The number of nitro groups is 1. The number of nitrogens with zero attached hydrogens (tertiary/aromatic N) is 3. The molecule has 0 aliphatic carbocycles. The van der Waals surface area contributed by atoms with Crippen LogP contribution in [0.25, 0.3) is 6.08 Å². The number of hydrogen-bond donors (Lipinski definition) is 1. The lowest BCUT2D eigenvalue weighted by molar-refractivity contribution is -0.385. The van der Waals surface area contributed by atoms with Gasteiger partial charge in [0.1, 0.15) is 11.5 Å². The summed E-state index contributed by atoms with van der Waals surface area (Å²) >= 11 is 0. The standard InChI is InChI=1S/C22H15N3O6S/c26-22-19(14-16-8-4-5-9-20(16)25(27)28)23-21(15-6-2-1-3-7-15)24(22)17-10-12-18(13-11-17)32(29,30)31/h1-14H,(H,29,30,31). The topological polar surface area (TPSA) is 130 Å². The van der Waals surface area contributed by atoms with Gasteiger partial charge in [0.05, 0.1) is 21.1 Å². The molecule has 1 aliphatic heterocycles. The third-order valence-corrected chi connectivity index (χ3v) is 5.58. The lowest BCUT2D eigenvalue weighted by Gasteiger charge is -2.18. The van der Waals surface area contributed by atoms with Crippen molar-refractivity contribution in [2.75, 3.05) is 4.90 Å². The summed E-state index contributed by atoms with van der Waals surface area (Å²) in [7, 11) is -4.40. The van der Waals surface area contributed by atoms with Crippen LogP contribution < -0.4 is 4.90 Å². The number of amidine groups is 1. The molecule has 10 heteroatoms. The number of nitro benzene ring substituents is 1. The van der Waals surface area contributed by atoms with E-state index in [0.717, 1.165) is 0 Å². The van der Waals surface area contributed by atoms with Gasteiger partial charge in [0.25, 0.3) is 21.7 Å². The highest BCUT2D eigenvalue weighted by atomic mass is 32.2. The predicted molar refractivity (Wildman–Crippen MR) is 118 cm³/mol. The quantitative estimate of drug-likeness (QED) is 0.274. The van der Waals surface area contributed by atoms with Gasteiger partial charge in [-0.15, -0.1) is 0 Å². The Labute approximate surface area is 182 Å². The Morgan fingerprint density at radius 3 is 2.19 bits per heavy atom. The lowest BCUT2D eigenvalue weighted by atomic mass is 10.1. The maximum atomic E-state index is 13.3. The Hall–Kier alpha value is -4.15. The molecule has 1 heterocycles. The summed E-state index contributed by atoms with van der Waals surface area (Å²) in [4.78, 5) is 29.4. The zero-order valence-corrected chi connectivity index (χ0v) is 17.1. The fourth-order valence-corrected chi connectivity index (χ4v) is 3.71. The van der Waals surface area contributed by atoms with E-state index in [-0.39, 0.29) is 27.7 Å². The van der Waals surface area contributed by atoms with E-state index in [4.69, 9.17) is 0 Å². The van der Waals surface area contributed by atoms with Crippen LogP contribution in [0.5, 0.6) is 0 Å². The zero-order valence-electron chi connectivity index (χ0n) is 16.3. The van der Waals surface area contributed by atoms with Crippen molar-refractivity contribution in [3.05, 3.63) is 106 Å². The van der Waals surface area contributed by atoms with Gasteiger partial charge in [0.2, 0.25) is 0 Å². The Kier molecular flexibility index (Phi) is 5.39. The second kappa shape index (κ2) is 8.17. The number of anilines is 1. The minimum absolute atomic E-state index is 0.0167. The molecular weight excluding hydrogens is 434 g/mol. The van der Waals surface area contributed by atoms with Crippen LogP contribution in [0.4, 0.5) is 11.4 Å². The number of para-hydroxylation sites is 1. The van der Waals surface area contributed by atoms with Crippen molar-refractivity contribution in [2.24, 2.45) is 4.99 Å². The second-order valence-corrected chi connectivity index (χ2v) is 8.18. The van der Waals surface area contributed by atoms with Gasteiger partial charge in [0.15, 0.2) is 0 Å². The van der Waals surface area contributed by atoms with Crippen molar-refractivity contribution < 1.29 is 22.7 Å². The Morgan fingerprint density at radius 1 is 0.938 bits per heavy atom. The van der Waals surface area contributed by atoms with Gasteiger partial charge in [-0.3, -0.25) is 24.4 Å². The molecule has 4 rings (SSSR count). The molecule has 0 radical (unpaired) electrons. The molecule has 9 nitrogen and oxygen atoms in total. The highest BCUT2D eigenvalue weighted by molar-refractivity contribution is 7.85. The van der Waals surface area contributed by atoms with Gasteiger partial charge < -0.3 is 0 Å². The molecule has 0 aromatic heterocycles. The molecule has 0 atom stereocenters. The van der Waals surface area contributed by atoms with Crippen LogP contribution >= 0.6 is 0 Å². The summed E-state index contributed by atoms with van der Waals surface area (Å²) in [6.45, 7) is 0. The van der Waals surface area contributed by atoms with E-state index in [1.807, 2.05) is 0 Å². The predicted octanol–water partition coefficient (Wildman–Crippen LogP) is 3.68. The number of hydrogen-bond acceptors (Lipinski definition) is 6. The van der Waals surface area contributed by atoms with Crippen LogP contribution in [-0.2, 0) is 14.9 Å². The second-order valence-electron chi connectivity index (χ2n) is 6.76. The minimum Gasteiger partial charge on any atom is -0.282 e. The smallest absolute Gasteiger partial charge is 0.282 e. The fourth-order valence-electron chi connectivity index (χ4n) is 3.23. The van der Waals surface area contributed by atoms with Crippen LogP contribution in [0.1, 0.15) is 11.1 Å². The van der Waals surface area contributed by atoms with Crippen molar-refractivity contribution >= 4 is 39.3 Å². The van der Waals surface area contributed by atoms with E-state index < -0.39 is 20.9 Å². The number of amides is 1. The molecular formula is C22H15N3O6S. The first-order valence-corrected chi connectivity index (χ1v) is 10.7. The summed E-state index contributed by atoms with van der Waals surface area (Å²) in [6.07, 6.45) is 1.34. The van der Waals surface area contributed by atoms with E-state index in [1.54, 1.807) is 36.4 Å². The molecule has 1 amide bonds. The summed E-state index contributed by atoms with van der Waals surface area (Å²) in [5.74, 6) is -0.262. The first-order chi connectivity index (χ1) is 15.3. The summed E-state index contributed by atoms with van der Waals surface area (Å²) in [5, 5.41) is 11.3. The molecule has 3 aromatic rings. The normalized spacial score (nSPS) is 15.2. The molecule has 1 aliphatic rings. The molecule has 0 saturated heterocycles. The maximum Gasteiger partial charge on any atom is 0.294 e. The van der Waals surface area contributed by atoms with Gasteiger partial charge in [0, 0.05) is 11.6 Å². The molecule has 0 unspecified atom stereocenters. The molecule has 160 valence electrons. The largest absolute Gasteiger partial charge is 0.294 e. The first kappa shape index (κ1) is 21.1.